The number of ether oxygens (including phenoxy) is 5. The number of nitrogens with zero attached hydrogens (tertiary/aromatic N) is 2. The number of nitrogens with one attached hydrogen (secondary N) is 1. The van der Waals surface area contributed by atoms with Crippen molar-refractivity contribution >= 4 is 23.7 Å². The Morgan fingerprint density at radius 2 is 1.90 bits per heavy atom. The zero-order chi connectivity index (χ0) is 35.7. The lowest BCUT2D eigenvalue weighted by atomic mass is 9.83. The quantitative estimate of drug-likeness (QED) is 0.300. The Kier molecular flexibility index (Phi) is 11.2. The van der Waals surface area contributed by atoms with Gasteiger partial charge in [0.15, 0.2) is 17.2 Å². The molecule has 0 aromatic heterocycles. The predicted octanol–water partition coefficient (Wildman–Crippen LogP) is 3.45. The Labute approximate surface area is 282 Å². The number of phenols is 1. The Morgan fingerprint density at radius 1 is 1.21 bits per heavy atom. The molecule has 2 amide bonds. The Morgan fingerprint density at radius 3 is 2.52 bits per heavy atom. The second-order valence-electron chi connectivity index (χ2n) is 13.7. The molecule has 0 radical (unpaired) electrons. The maximum atomic E-state index is 14.0. The lowest BCUT2D eigenvalue weighted by Gasteiger charge is -2.42. The molecule has 266 valence electrons. The predicted molar refractivity (Wildman–Crippen MR) is 178 cm³/mol. The van der Waals surface area contributed by atoms with E-state index in [9.17, 15) is 24.6 Å². The van der Waals surface area contributed by atoms with Crippen LogP contribution in [0.4, 0.5) is 10.5 Å². The van der Waals surface area contributed by atoms with Crippen LogP contribution in [0.15, 0.2) is 35.9 Å². The summed E-state index contributed by atoms with van der Waals surface area (Å²) in [5, 5.41) is 25.3. The summed E-state index contributed by atoms with van der Waals surface area (Å²) >= 11 is 0. The van der Waals surface area contributed by atoms with Crippen LogP contribution in [-0.4, -0.2) is 109 Å². The van der Waals surface area contributed by atoms with Gasteiger partial charge < -0.3 is 38.8 Å². The lowest BCUT2D eigenvalue weighted by Crippen LogP contribution is -2.63. The minimum atomic E-state index is -1.80. The lowest BCUT2D eigenvalue weighted by molar-refractivity contribution is -0.159. The first-order valence-electron chi connectivity index (χ1n) is 16.3. The number of carbonyl (C=O) groups excluding carboxylic acids is 3. The first-order valence-corrected chi connectivity index (χ1v) is 16.3. The van der Waals surface area contributed by atoms with E-state index < -0.39 is 65.7 Å². The van der Waals surface area contributed by atoms with Crippen molar-refractivity contribution in [2.45, 2.75) is 109 Å². The van der Waals surface area contributed by atoms with Crippen LogP contribution in [0, 0.1) is 5.92 Å². The summed E-state index contributed by atoms with van der Waals surface area (Å²) in [6, 6.07) is 2.84. The summed E-state index contributed by atoms with van der Waals surface area (Å²) in [7, 11) is 6.23. The number of allylic oxidation sites excluding steroid dienone is 3. The number of fused-ring (bicyclic) bond motifs is 5. The zero-order valence-electron chi connectivity index (χ0n) is 29.6. The molecule has 13 nitrogen and oxygen atoms in total. The van der Waals surface area contributed by atoms with Crippen molar-refractivity contribution in [1.29, 1.82) is 0 Å². The molecule has 3 heterocycles. The Bertz CT molecular complexity index is 1450. The highest BCUT2D eigenvalue weighted by molar-refractivity contribution is 5.95. The van der Waals surface area contributed by atoms with Gasteiger partial charge >= 0.3 is 12.1 Å². The van der Waals surface area contributed by atoms with Crippen molar-refractivity contribution in [3.8, 4) is 11.5 Å². The summed E-state index contributed by atoms with van der Waals surface area (Å²) in [5.41, 5.74) is -1.02. The monoisotopic (exact) mass is 673 g/mol. The number of esters is 1. The summed E-state index contributed by atoms with van der Waals surface area (Å²) in [5.74, 6) is -1.45. The fourth-order valence-electron chi connectivity index (χ4n) is 6.49. The van der Waals surface area contributed by atoms with E-state index in [0.717, 1.165) is 11.1 Å². The number of alkyl carbamates (subject to hydrolysis) is 1. The average Bonchev–Trinajstić information content (AvgIpc) is 3.73. The molecule has 1 aromatic rings. The van der Waals surface area contributed by atoms with Crippen LogP contribution >= 0.6 is 0 Å². The summed E-state index contributed by atoms with van der Waals surface area (Å²) in [4.78, 5) is 43.4. The minimum Gasteiger partial charge on any atom is -0.503 e. The number of benzene rings is 1. The van der Waals surface area contributed by atoms with Gasteiger partial charge in [-0.05, 0) is 65.8 Å². The Balaban J connectivity index is 1.79. The van der Waals surface area contributed by atoms with Gasteiger partial charge in [0.2, 0.25) is 5.91 Å². The minimum absolute atomic E-state index is 0.0192. The molecule has 2 fully saturated rings. The van der Waals surface area contributed by atoms with E-state index in [1.807, 2.05) is 45.7 Å². The van der Waals surface area contributed by atoms with Gasteiger partial charge in [0.25, 0.3) is 0 Å². The van der Waals surface area contributed by atoms with Crippen molar-refractivity contribution in [3.05, 3.63) is 41.5 Å². The number of epoxide rings is 1. The van der Waals surface area contributed by atoms with Crippen LogP contribution in [0.25, 0.3) is 0 Å². The van der Waals surface area contributed by atoms with Crippen LogP contribution < -0.4 is 15.0 Å². The van der Waals surface area contributed by atoms with Gasteiger partial charge in [-0.3, -0.25) is 19.8 Å². The Hall–Kier alpha value is -3.65. The molecule has 2 saturated heterocycles. The third kappa shape index (κ3) is 7.64. The number of hydrogen-bond donors (Lipinski definition) is 3. The van der Waals surface area contributed by atoms with Gasteiger partial charge in [-0.1, -0.05) is 30.7 Å². The maximum Gasteiger partial charge on any atom is 0.409 e. The summed E-state index contributed by atoms with van der Waals surface area (Å²) in [6.45, 7) is 11.1. The molecule has 1 unspecified atom stereocenters. The number of phenolic OH excluding ortho intramolecular Hbond substituents is 1. The molecule has 4 bridgehead atoms. The molecule has 0 aliphatic carbocycles. The highest BCUT2D eigenvalue weighted by Crippen LogP contribution is 2.49. The van der Waals surface area contributed by atoms with Crippen LogP contribution in [0.3, 0.4) is 0 Å². The SMILES string of the molecule is COc1cc2cc(c1O)N(C)C(=O)C[C@H](OC(=O)[C@H](C)N(C)C(C)C)[C@]1(C)OC1[C@H](C)[C@@H]1C[C@@](O)(NC(=O)O1)[C@H](OC)/C=C/C=C(\C)C2. The number of rotatable bonds is 6. The first kappa shape index (κ1) is 37.2. The second kappa shape index (κ2) is 14.5. The standard InChI is InChI=1S/C35H51N3O10/c1-19(2)37(7)22(5)32(41)47-28-17-29(39)38(8)24-15-23(16-25(44-9)30(24)40)14-20(3)12-11-13-27(45-10)35(43)18-26(46-33(42)36-35)21(4)31-34(28,6)48-31/h11-13,15-16,19,21-22,26-28,31,40,43H,14,17-18H2,1-10H3,(H,36,42)/b13-11+,20-12+/t21-,22+,26+,27-,28+,31?,34+,35+/m1/s1. The van der Waals surface area contributed by atoms with Gasteiger partial charge in [0, 0.05) is 32.5 Å². The highest BCUT2D eigenvalue weighted by Gasteiger charge is 2.64. The molecule has 0 spiro atoms. The smallest absolute Gasteiger partial charge is 0.409 e. The van der Waals surface area contributed by atoms with Crippen LogP contribution in [0.1, 0.15) is 59.9 Å². The number of anilines is 1. The van der Waals surface area contributed by atoms with E-state index in [1.54, 1.807) is 45.2 Å². The van der Waals surface area contributed by atoms with Gasteiger partial charge in [0.05, 0.1) is 25.3 Å². The number of aromatic hydroxyl groups is 1. The van der Waals surface area contributed by atoms with Gasteiger partial charge in [-0.25, -0.2) is 4.79 Å². The maximum absolute atomic E-state index is 14.0. The van der Waals surface area contributed by atoms with Crippen molar-refractivity contribution in [1.82, 2.24) is 10.2 Å². The molecule has 1 aromatic carbocycles. The fourth-order valence-corrected chi connectivity index (χ4v) is 6.49. The second-order valence-corrected chi connectivity index (χ2v) is 13.7. The highest BCUT2D eigenvalue weighted by atomic mass is 16.7. The first-order chi connectivity index (χ1) is 22.4. The zero-order valence-corrected chi connectivity index (χ0v) is 29.6. The normalized spacial score (nSPS) is 33.6. The van der Waals surface area contributed by atoms with E-state index in [2.05, 4.69) is 5.32 Å². The van der Waals surface area contributed by atoms with Crippen molar-refractivity contribution in [2.75, 3.05) is 33.2 Å². The van der Waals surface area contributed by atoms with E-state index >= 15 is 0 Å². The molecule has 8 atom stereocenters. The third-order valence-corrected chi connectivity index (χ3v) is 10.0. The third-order valence-electron chi connectivity index (χ3n) is 10.0. The topological polar surface area (TPSA) is 160 Å². The molecule has 3 aliphatic heterocycles. The van der Waals surface area contributed by atoms with E-state index in [1.165, 1.54) is 19.1 Å². The van der Waals surface area contributed by atoms with Crippen LogP contribution in [0.5, 0.6) is 11.5 Å². The average molecular weight is 674 g/mol. The van der Waals surface area contributed by atoms with Gasteiger partial charge in [-0.2, -0.15) is 0 Å². The number of amides is 2. The number of carbonyl (C=O) groups is 3. The van der Waals surface area contributed by atoms with E-state index in [0.29, 0.717) is 6.42 Å². The largest absolute Gasteiger partial charge is 0.503 e. The van der Waals surface area contributed by atoms with Crippen molar-refractivity contribution < 1.29 is 48.3 Å². The van der Waals surface area contributed by atoms with Crippen LogP contribution in [0.2, 0.25) is 0 Å². The fraction of sp³-hybridized carbons (Fsp3) is 0.629. The molecule has 3 aliphatic rings. The molecule has 13 heteroatoms. The number of aliphatic hydroxyl groups is 1. The molecule has 48 heavy (non-hydrogen) atoms. The summed E-state index contributed by atoms with van der Waals surface area (Å²) < 4.78 is 29.0. The molecule has 3 N–H and O–H groups in total. The van der Waals surface area contributed by atoms with Crippen molar-refractivity contribution in [2.24, 2.45) is 5.92 Å². The molecule has 0 saturated carbocycles. The van der Waals surface area contributed by atoms with E-state index in [4.69, 9.17) is 23.7 Å². The van der Waals surface area contributed by atoms with Crippen LogP contribution in [-0.2, 0) is 35.0 Å². The number of hydrogen-bond acceptors (Lipinski definition) is 11. The number of methoxy groups -OCH3 is 2. The molecular formula is C35H51N3O10. The number of likely N-dealkylation sites (N-methyl/N-ethyl adjacent to an activating group) is 1. The van der Waals surface area contributed by atoms with E-state index in [-0.39, 0.29) is 36.1 Å². The molecule has 4 rings (SSSR count). The summed E-state index contributed by atoms with van der Waals surface area (Å²) in [6.07, 6.45) is 1.22. The van der Waals surface area contributed by atoms with Crippen molar-refractivity contribution in [3.63, 3.8) is 0 Å². The van der Waals surface area contributed by atoms with Gasteiger partial charge in [-0.15, -0.1) is 0 Å². The molecular weight excluding hydrogens is 622 g/mol. The van der Waals surface area contributed by atoms with Gasteiger partial charge in [0.1, 0.15) is 30.0 Å².